The average Bonchev–Trinajstić information content (AvgIpc) is 3.29. The van der Waals surface area contributed by atoms with E-state index < -0.39 is 0 Å². The van der Waals surface area contributed by atoms with Crippen molar-refractivity contribution in [3.8, 4) is 17.6 Å². The number of benzene rings is 2. The fourth-order valence-corrected chi connectivity index (χ4v) is 3.59. The molecule has 7 nitrogen and oxygen atoms in total. The number of phenolic OH excluding ortho intramolecular Hbond substituents is 1. The average molecular weight is 364 g/mol. The Bertz CT molecular complexity index is 1020. The Morgan fingerprint density at radius 3 is 2.74 bits per heavy atom. The van der Waals surface area contributed by atoms with Crippen molar-refractivity contribution in [3.05, 3.63) is 47.7 Å². The van der Waals surface area contributed by atoms with Crippen LogP contribution in [0.1, 0.15) is 17.5 Å². The van der Waals surface area contributed by atoms with Gasteiger partial charge in [0.15, 0.2) is 0 Å². The quantitative estimate of drug-likeness (QED) is 0.737. The van der Waals surface area contributed by atoms with Gasteiger partial charge in [-0.25, -0.2) is 0 Å². The monoisotopic (exact) mass is 364 g/mol. The lowest BCUT2D eigenvalue weighted by atomic mass is 10.1. The SMILES string of the molecule is COc1ccc(Cn2ncc3c(N4CCC(O)C4)cc(O)c(C#N)c32)cc1. The first-order chi connectivity index (χ1) is 13.1. The minimum Gasteiger partial charge on any atom is -0.506 e. The van der Waals surface area contributed by atoms with Crippen LogP contribution >= 0.6 is 0 Å². The molecule has 1 aliphatic rings. The number of β-amino-alcohol motifs (C(OH)–C–C–N with tert-alkyl or cyclic N) is 1. The summed E-state index contributed by atoms with van der Waals surface area (Å²) < 4.78 is 6.91. The highest BCUT2D eigenvalue weighted by Gasteiger charge is 2.25. The molecule has 0 aliphatic carbocycles. The summed E-state index contributed by atoms with van der Waals surface area (Å²) in [6.45, 7) is 1.67. The number of aromatic nitrogens is 2. The van der Waals surface area contributed by atoms with Gasteiger partial charge in [0.05, 0.1) is 37.2 Å². The van der Waals surface area contributed by atoms with Crippen LogP contribution in [0, 0.1) is 11.3 Å². The van der Waals surface area contributed by atoms with Crippen LogP contribution in [0.2, 0.25) is 0 Å². The first-order valence-corrected chi connectivity index (χ1v) is 8.78. The maximum absolute atomic E-state index is 10.4. The second-order valence-corrected chi connectivity index (χ2v) is 6.70. The smallest absolute Gasteiger partial charge is 0.137 e. The van der Waals surface area contributed by atoms with Gasteiger partial charge in [-0.1, -0.05) is 12.1 Å². The van der Waals surface area contributed by atoms with Crippen LogP contribution in [-0.4, -0.2) is 46.3 Å². The Morgan fingerprint density at radius 1 is 1.33 bits per heavy atom. The molecule has 2 N–H and O–H groups in total. The molecule has 27 heavy (non-hydrogen) atoms. The normalized spacial score (nSPS) is 16.6. The van der Waals surface area contributed by atoms with Crippen molar-refractivity contribution in [2.75, 3.05) is 25.1 Å². The highest BCUT2D eigenvalue weighted by atomic mass is 16.5. The Hall–Kier alpha value is -3.24. The minimum absolute atomic E-state index is 0.0714. The Morgan fingerprint density at radius 2 is 2.11 bits per heavy atom. The van der Waals surface area contributed by atoms with Gasteiger partial charge in [-0.05, 0) is 24.1 Å². The first kappa shape index (κ1) is 17.2. The number of hydrogen-bond acceptors (Lipinski definition) is 6. The molecule has 0 saturated carbocycles. The highest BCUT2D eigenvalue weighted by Crippen LogP contribution is 2.37. The zero-order chi connectivity index (χ0) is 19.0. The molecule has 1 aromatic heterocycles. The molecule has 2 aromatic carbocycles. The Balaban J connectivity index is 1.79. The predicted molar refractivity (Wildman–Crippen MR) is 101 cm³/mol. The molecule has 4 rings (SSSR count). The number of ether oxygens (including phenoxy) is 1. The number of phenols is 1. The van der Waals surface area contributed by atoms with Crippen LogP contribution in [0.25, 0.3) is 10.9 Å². The van der Waals surface area contributed by atoms with Crippen molar-refractivity contribution in [1.82, 2.24) is 9.78 Å². The van der Waals surface area contributed by atoms with E-state index in [1.807, 2.05) is 29.2 Å². The molecule has 2 heterocycles. The van der Waals surface area contributed by atoms with Crippen LogP contribution in [-0.2, 0) is 6.54 Å². The van der Waals surface area contributed by atoms with E-state index in [0.29, 0.717) is 31.6 Å². The molecular formula is C20H20N4O3. The number of nitrogens with zero attached hydrogens (tertiary/aromatic N) is 4. The van der Waals surface area contributed by atoms with Crippen LogP contribution in [0.5, 0.6) is 11.5 Å². The van der Waals surface area contributed by atoms with E-state index in [4.69, 9.17) is 4.74 Å². The summed E-state index contributed by atoms with van der Waals surface area (Å²) in [5.41, 5.74) is 2.61. The molecule has 1 unspecified atom stereocenters. The zero-order valence-electron chi connectivity index (χ0n) is 15.0. The molecule has 1 atom stereocenters. The molecule has 0 spiro atoms. The number of anilines is 1. The number of aliphatic hydroxyl groups excluding tert-OH is 1. The first-order valence-electron chi connectivity index (χ1n) is 8.78. The third-order valence-corrected chi connectivity index (χ3v) is 4.99. The van der Waals surface area contributed by atoms with Crippen LogP contribution < -0.4 is 9.64 Å². The van der Waals surface area contributed by atoms with Gasteiger partial charge in [0.1, 0.15) is 23.1 Å². The summed E-state index contributed by atoms with van der Waals surface area (Å²) in [6, 6.07) is 11.3. The fraction of sp³-hybridized carbons (Fsp3) is 0.300. The van der Waals surface area contributed by atoms with E-state index in [9.17, 15) is 15.5 Å². The van der Waals surface area contributed by atoms with Crippen molar-refractivity contribution in [2.24, 2.45) is 0 Å². The summed E-state index contributed by atoms with van der Waals surface area (Å²) in [6.07, 6.45) is 2.02. The van der Waals surface area contributed by atoms with E-state index in [0.717, 1.165) is 22.4 Å². The number of rotatable bonds is 4. The van der Waals surface area contributed by atoms with Gasteiger partial charge in [0.2, 0.25) is 0 Å². The van der Waals surface area contributed by atoms with Gasteiger partial charge in [-0.3, -0.25) is 4.68 Å². The largest absolute Gasteiger partial charge is 0.506 e. The second kappa shape index (κ2) is 6.82. The number of nitriles is 1. The van der Waals surface area contributed by atoms with Gasteiger partial charge >= 0.3 is 0 Å². The maximum atomic E-state index is 10.4. The number of fused-ring (bicyclic) bond motifs is 1. The molecule has 1 fully saturated rings. The lowest BCUT2D eigenvalue weighted by molar-refractivity contribution is 0.198. The number of methoxy groups -OCH3 is 1. The lowest BCUT2D eigenvalue weighted by Gasteiger charge is -2.20. The second-order valence-electron chi connectivity index (χ2n) is 6.70. The van der Waals surface area contributed by atoms with E-state index >= 15 is 0 Å². The molecule has 3 aromatic rings. The van der Waals surface area contributed by atoms with E-state index in [2.05, 4.69) is 11.2 Å². The topological polar surface area (TPSA) is 94.5 Å². The molecule has 1 saturated heterocycles. The number of hydrogen-bond donors (Lipinski definition) is 2. The van der Waals surface area contributed by atoms with E-state index in [1.165, 1.54) is 0 Å². The Labute approximate surface area is 156 Å². The molecule has 0 amide bonds. The summed E-state index contributed by atoms with van der Waals surface area (Å²) in [7, 11) is 1.62. The van der Waals surface area contributed by atoms with E-state index in [-0.39, 0.29) is 17.4 Å². The van der Waals surface area contributed by atoms with Crippen LogP contribution in [0.15, 0.2) is 36.5 Å². The molecule has 0 radical (unpaired) electrons. The summed E-state index contributed by atoms with van der Waals surface area (Å²) >= 11 is 0. The summed E-state index contributed by atoms with van der Waals surface area (Å²) in [5.74, 6) is 0.701. The highest BCUT2D eigenvalue weighted by molar-refractivity contribution is 5.97. The van der Waals surface area contributed by atoms with Crippen molar-refractivity contribution in [1.29, 1.82) is 5.26 Å². The maximum Gasteiger partial charge on any atom is 0.137 e. The Kier molecular flexibility index (Phi) is 4.34. The van der Waals surface area contributed by atoms with Gasteiger partial charge in [-0.15, -0.1) is 0 Å². The molecule has 0 bridgehead atoms. The predicted octanol–water partition coefficient (Wildman–Crippen LogP) is 2.24. The standard InChI is InChI=1S/C20H20N4O3/c1-27-15-4-2-13(3-5-15)11-24-20-16(9-21)19(26)8-18(17(20)10-22-24)23-7-6-14(25)12-23/h2-5,8,10,14,25-26H,6-7,11-12H2,1H3. The van der Waals surface area contributed by atoms with Crippen molar-refractivity contribution >= 4 is 16.6 Å². The van der Waals surface area contributed by atoms with Crippen LogP contribution in [0.4, 0.5) is 5.69 Å². The zero-order valence-corrected chi connectivity index (χ0v) is 15.0. The van der Waals surface area contributed by atoms with Crippen molar-refractivity contribution in [2.45, 2.75) is 19.1 Å². The third-order valence-electron chi connectivity index (χ3n) is 4.99. The molecule has 1 aliphatic heterocycles. The van der Waals surface area contributed by atoms with E-state index in [1.54, 1.807) is 24.1 Å². The van der Waals surface area contributed by atoms with Gasteiger partial charge in [0, 0.05) is 24.5 Å². The van der Waals surface area contributed by atoms with Gasteiger partial charge < -0.3 is 19.8 Å². The van der Waals surface area contributed by atoms with Crippen molar-refractivity contribution < 1.29 is 14.9 Å². The van der Waals surface area contributed by atoms with Crippen LogP contribution in [0.3, 0.4) is 0 Å². The third kappa shape index (κ3) is 3.04. The number of aliphatic hydroxyl groups is 1. The molecule has 138 valence electrons. The van der Waals surface area contributed by atoms with Gasteiger partial charge in [-0.2, -0.15) is 10.4 Å². The summed E-state index contributed by atoms with van der Waals surface area (Å²) in [5, 5.41) is 35.1. The molecular weight excluding hydrogens is 344 g/mol. The lowest BCUT2D eigenvalue weighted by Crippen LogP contribution is -2.21. The van der Waals surface area contributed by atoms with Crippen molar-refractivity contribution in [3.63, 3.8) is 0 Å². The van der Waals surface area contributed by atoms with Gasteiger partial charge in [0.25, 0.3) is 0 Å². The minimum atomic E-state index is -0.382. The molecule has 7 heteroatoms. The fourth-order valence-electron chi connectivity index (χ4n) is 3.59. The summed E-state index contributed by atoms with van der Waals surface area (Å²) in [4.78, 5) is 2.02. The number of aromatic hydroxyl groups is 1.